The second-order valence-corrected chi connectivity index (χ2v) is 4.80. The molecule has 0 amide bonds. The van der Waals surface area contributed by atoms with Crippen LogP contribution in [-0.4, -0.2) is 35.8 Å². The summed E-state index contributed by atoms with van der Waals surface area (Å²) in [7, 11) is 0. The van der Waals surface area contributed by atoms with E-state index >= 15 is 0 Å². The second-order valence-electron chi connectivity index (χ2n) is 4.80. The van der Waals surface area contributed by atoms with Gasteiger partial charge in [-0.25, -0.2) is 0 Å². The third-order valence-electron chi connectivity index (χ3n) is 3.36. The molecule has 2 rings (SSSR count). The van der Waals surface area contributed by atoms with Crippen LogP contribution < -0.4 is 4.90 Å². The number of nitrogens with zero attached hydrogens (tertiary/aromatic N) is 2. The van der Waals surface area contributed by atoms with Crippen molar-refractivity contribution in [2.45, 2.75) is 26.0 Å². The standard InChI is InChI=1S/C13H18N2O4/c1-9-8-19-6-5-14(9)12-4-3-11(10(2)16)7-13(12)15(17)18/h3-4,7,9-10,16H,5-6,8H2,1-2H3. The SMILES string of the molecule is CC(O)c1ccc(N2CCOCC2C)c([N+](=O)[O-])c1. The summed E-state index contributed by atoms with van der Waals surface area (Å²) in [5, 5.41) is 20.7. The van der Waals surface area contributed by atoms with Gasteiger partial charge in [0.1, 0.15) is 5.69 Å². The number of aliphatic hydroxyl groups is 1. The van der Waals surface area contributed by atoms with Gasteiger partial charge < -0.3 is 14.7 Å². The molecule has 1 heterocycles. The third-order valence-corrected chi connectivity index (χ3v) is 3.36. The Balaban J connectivity index is 2.41. The highest BCUT2D eigenvalue weighted by atomic mass is 16.6. The number of hydrogen-bond donors (Lipinski definition) is 1. The maximum Gasteiger partial charge on any atom is 0.292 e. The van der Waals surface area contributed by atoms with Gasteiger partial charge in [-0.2, -0.15) is 0 Å². The van der Waals surface area contributed by atoms with E-state index in [4.69, 9.17) is 4.74 Å². The average Bonchev–Trinajstić information content (AvgIpc) is 2.38. The van der Waals surface area contributed by atoms with Crippen LogP contribution in [0.4, 0.5) is 11.4 Å². The lowest BCUT2D eigenvalue weighted by molar-refractivity contribution is -0.384. The molecule has 1 saturated heterocycles. The lowest BCUT2D eigenvalue weighted by atomic mass is 10.1. The molecule has 0 saturated carbocycles. The zero-order chi connectivity index (χ0) is 14.0. The Hall–Kier alpha value is -1.66. The molecular weight excluding hydrogens is 248 g/mol. The molecule has 0 spiro atoms. The van der Waals surface area contributed by atoms with Crippen LogP contribution in [0.15, 0.2) is 18.2 Å². The van der Waals surface area contributed by atoms with E-state index in [2.05, 4.69) is 0 Å². The molecule has 2 unspecified atom stereocenters. The molecule has 0 aromatic heterocycles. The summed E-state index contributed by atoms with van der Waals surface area (Å²) in [5.74, 6) is 0. The van der Waals surface area contributed by atoms with Crippen LogP contribution in [-0.2, 0) is 4.74 Å². The van der Waals surface area contributed by atoms with E-state index in [1.165, 1.54) is 6.07 Å². The highest BCUT2D eigenvalue weighted by Crippen LogP contribution is 2.33. The number of nitro benzene ring substituents is 1. The van der Waals surface area contributed by atoms with Gasteiger partial charge in [0.25, 0.3) is 5.69 Å². The number of nitro groups is 1. The maximum atomic E-state index is 11.2. The molecule has 1 aromatic carbocycles. The topological polar surface area (TPSA) is 75.8 Å². The third kappa shape index (κ3) is 2.85. The van der Waals surface area contributed by atoms with Gasteiger partial charge in [0, 0.05) is 18.7 Å². The van der Waals surface area contributed by atoms with Crippen molar-refractivity contribution in [1.29, 1.82) is 0 Å². The zero-order valence-corrected chi connectivity index (χ0v) is 11.1. The summed E-state index contributed by atoms with van der Waals surface area (Å²) >= 11 is 0. The van der Waals surface area contributed by atoms with E-state index in [1.54, 1.807) is 19.1 Å². The summed E-state index contributed by atoms with van der Waals surface area (Å²) in [6.07, 6.45) is -0.713. The van der Waals surface area contributed by atoms with Crippen molar-refractivity contribution < 1.29 is 14.8 Å². The molecule has 0 radical (unpaired) electrons. The first-order chi connectivity index (χ1) is 9.00. The summed E-state index contributed by atoms with van der Waals surface area (Å²) in [6, 6.07) is 4.99. The van der Waals surface area contributed by atoms with Crippen molar-refractivity contribution in [3.63, 3.8) is 0 Å². The largest absolute Gasteiger partial charge is 0.389 e. The lowest BCUT2D eigenvalue weighted by Crippen LogP contribution is -2.44. The van der Waals surface area contributed by atoms with E-state index in [-0.39, 0.29) is 11.7 Å². The molecule has 1 aliphatic heterocycles. The molecule has 104 valence electrons. The molecule has 0 aliphatic carbocycles. The first-order valence-electron chi connectivity index (χ1n) is 6.31. The van der Waals surface area contributed by atoms with Gasteiger partial charge in [-0.3, -0.25) is 10.1 Å². The van der Waals surface area contributed by atoms with Gasteiger partial charge in [0.05, 0.1) is 24.2 Å². The number of ether oxygens (including phenoxy) is 1. The minimum Gasteiger partial charge on any atom is -0.389 e. The molecule has 6 heteroatoms. The molecule has 1 aromatic rings. The van der Waals surface area contributed by atoms with E-state index in [1.807, 2.05) is 11.8 Å². The van der Waals surface area contributed by atoms with E-state index in [0.717, 1.165) is 0 Å². The smallest absolute Gasteiger partial charge is 0.292 e. The fourth-order valence-electron chi connectivity index (χ4n) is 2.27. The Morgan fingerprint density at radius 2 is 2.32 bits per heavy atom. The Kier molecular flexibility index (Phi) is 4.01. The Labute approximate surface area is 111 Å². The number of aliphatic hydroxyl groups excluding tert-OH is 1. The molecule has 0 bridgehead atoms. The molecule has 19 heavy (non-hydrogen) atoms. The Morgan fingerprint density at radius 3 is 2.89 bits per heavy atom. The van der Waals surface area contributed by atoms with Crippen LogP contribution in [0.2, 0.25) is 0 Å². The predicted octanol–water partition coefficient (Wildman–Crippen LogP) is 1.87. The van der Waals surface area contributed by atoms with Crippen molar-refractivity contribution >= 4 is 11.4 Å². The number of benzene rings is 1. The normalized spacial score (nSPS) is 21.2. The Morgan fingerprint density at radius 1 is 1.58 bits per heavy atom. The molecule has 1 aliphatic rings. The molecule has 2 atom stereocenters. The first kappa shape index (κ1) is 13.8. The van der Waals surface area contributed by atoms with Gasteiger partial charge in [-0.1, -0.05) is 6.07 Å². The van der Waals surface area contributed by atoms with Crippen molar-refractivity contribution in [1.82, 2.24) is 0 Å². The van der Waals surface area contributed by atoms with Crippen LogP contribution >= 0.6 is 0 Å². The number of anilines is 1. The zero-order valence-electron chi connectivity index (χ0n) is 11.1. The van der Waals surface area contributed by atoms with Crippen LogP contribution in [0.5, 0.6) is 0 Å². The average molecular weight is 266 g/mol. The second kappa shape index (κ2) is 5.54. The van der Waals surface area contributed by atoms with Gasteiger partial charge in [0.15, 0.2) is 0 Å². The molecule has 1 fully saturated rings. The summed E-state index contributed by atoms with van der Waals surface area (Å²) in [6.45, 7) is 5.34. The quantitative estimate of drug-likeness (QED) is 0.667. The number of hydrogen-bond acceptors (Lipinski definition) is 5. The molecule has 6 nitrogen and oxygen atoms in total. The predicted molar refractivity (Wildman–Crippen MR) is 71.4 cm³/mol. The molecular formula is C13H18N2O4. The van der Waals surface area contributed by atoms with Crippen molar-refractivity contribution in [3.8, 4) is 0 Å². The monoisotopic (exact) mass is 266 g/mol. The minimum absolute atomic E-state index is 0.0344. The van der Waals surface area contributed by atoms with Gasteiger partial charge in [0.2, 0.25) is 0 Å². The van der Waals surface area contributed by atoms with Crippen LogP contribution in [0, 0.1) is 10.1 Å². The van der Waals surface area contributed by atoms with Crippen molar-refractivity contribution in [3.05, 3.63) is 33.9 Å². The number of morpholine rings is 1. The van der Waals surface area contributed by atoms with Crippen LogP contribution in [0.1, 0.15) is 25.5 Å². The number of rotatable bonds is 3. The Bertz CT molecular complexity index is 476. The van der Waals surface area contributed by atoms with Gasteiger partial charge >= 0.3 is 0 Å². The first-order valence-corrected chi connectivity index (χ1v) is 6.31. The maximum absolute atomic E-state index is 11.2. The van der Waals surface area contributed by atoms with Gasteiger partial charge in [-0.05, 0) is 25.5 Å². The lowest BCUT2D eigenvalue weighted by Gasteiger charge is -2.34. The summed E-state index contributed by atoms with van der Waals surface area (Å²) in [4.78, 5) is 12.8. The minimum atomic E-state index is -0.713. The van der Waals surface area contributed by atoms with Crippen LogP contribution in [0.25, 0.3) is 0 Å². The van der Waals surface area contributed by atoms with Crippen molar-refractivity contribution in [2.75, 3.05) is 24.7 Å². The van der Waals surface area contributed by atoms with E-state index in [9.17, 15) is 15.2 Å². The van der Waals surface area contributed by atoms with E-state index < -0.39 is 11.0 Å². The highest BCUT2D eigenvalue weighted by molar-refractivity contribution is 5.65. The highest BCUT2D eigenvalue weighted by Gasteiger charge is 2.26. The molecule has 1 N–H and O–H groups in total. The van der Waals surface area contributed by atoms with Gasteiger partial charge in [-0.15, -0.1) is 0 Å². The fraction of sp³-hybridized carbons (Fsp3) is 0.538. The van der Waals surface area contributed by atoms with E-state index in [0.29, 0.717) is 31.0 Å². The van der Waals surface area contributed by atoms with Crippen molar-refractivity contribution in [2.24, 2.45) is 0 Å². The fourth-order valence-corrected chi connectivity index (χ4v) is 2.27. The van der Waals surface area contributed by atoms with Crippen LogP contribution in [0.3, 0.4) is 0 Å². The summed E-state index contributed by atoms with van der Waals surface area (Å²) < 4.78 is 5.34. The summed E-state index contributed by atoms with van der Waals surface area (Å²) in [5.41, 5.74) is 1.17.